The van der Waals surface area contributed by atoms with Crippen LogP contribution in [0.15, 0.2) is 70.5 Å². The second-order valence-electron chi connectivity index (χ2n) is 7.59. The molecular weight excluding hydrogens is 518 g/mol. The first-order valence-electron chi connectivity index (χ1n) is 10.3. The summed E-state index contributed by atoms with van der Waals surface area (Å²) in [6.07, 6.45) is 0. The van der Waals surface area contributed by atoms with Gasteiger partial charge in [-0.2, -0.15) is 4.31 Å². The third kappa shape index (κ3) is 6.05. The molecule has 0 unspecified atom stereocenters. The molecule has 0 saturated heterocycles. The molecular formula is C23H22F2N2O7S2. The number of nitrogens with one attached hydrogen (secondary N) is 1. The summed E-state index contributed by atoms with van der Waals surface area (Å²) in [4.78, 5) is 10.5. The fourth-order valence-corrected chi connectivity index (χ4v) is 5.22. The summed E-state index contributed by atoms with van der Waals surface area (Å²) in [5, 5.41) is 8.99. The number of halogens is 2. The lowest BCUT2D eigenvalue weighted by Gasteiger charge is -2.19. The largest absolute Gasteiger partial charge is 0.481 e. The average Bonchev–Trinajstić information content (AvgIpc) is 2.84. The first-order valence-corrected chi connectivity index (χ1v) is 13.2. The smallest absolute Gasteiger partial charge is 0.341 e. The number of aliphatic carboxylic acids is 1. The van der Waals surface area contributed by atoms with Crippen molar-refractivity contribution in [1.29, 1.82) is 0 Å². The molecule has 13 heteroatoms. The molecule has 0 amide bonds. The second kappa shape index (κ2) is 10.7. The van der Waals surface area contributed by atoms with Crippen LogP contribution < -0.4 is 9.46 Å². The van der Waals surface area contributed by atoms with E-state index in [1.807, 2.05) is 0 Å². The molecule has 0 fully saturated rings. The summed E-state index contributed by atoms with van der Waals surface area (Å²) in [5.41, 5.74) is 1.13. The Morgan fingerprint density at radius 2 is 1.69 bits per heavy atom. The van der Waals surface area contributed by atoms with Gasteiger partial charge in [0.15, 0.2) is 18.2 Å². The summed E-state index contributed by atoms with van der Waals surface area (Å²) in [7, 11) is -5.46. The van der Waals surface area contributed by atoms with Gasteiger partial charge in [0.2, 0.25) is 20.0 Å². The molecule has 3 aromatic carbocycles. The van der Waals surface area contributed by atoms with E-state index in [1.54, 1.807) is 6.07 Å². The summed E-state index contributed by atoms with van der Waals surface area (Å²) in [5.74, 6) is -3.58. The number of ether oxygens (including phenoxy) is 1. The predicted molar refractivity (Wildman–Crippen MR) is 126 cm³/mol. The molecule has 3 aromatic rings. The topological polar surface area (TPSA) is 130 Å². The molecule has 0 radical (unpaired) electrons. The van der Waals surface area contributed by atoms with Gasteiger partial charge >= 0.3 is 5.97 Å². The van der Waals surface area contributed by atoms with Crippen LogP contribution in [0, 0.1) is 11.6 Å². The van der Waals surface area contributed by atoms with Crippen LogP contribution >= 0.6 is 0 Å². The zero-order valence-corrected chi connectivity index (χ0v) is 20.7. The van der Waals surface area contributed by atoms with Crippen LogP contribution in [0.4, 0.5) is 8.78 Å². The Balaban J connectivity index is 2.01. The minimum absolute atomic E-state index is 0.0462. The number of hydrogen-bond donors (Lipinski definition) is 2. The van der Waals surface area contributed by atoms with Gasteiger partial charge in [-0.3, -0.25) is 0 Å². The summed E-state index contributed by atoms with van der Waals surface area (Å²) in [6.45, 7) is -0.854. The molecule has 0 atom stereocenters. The Kier molecular flexibility index (Phi) is 8.09. The van der Waals surface area contributed by atoms with Gasteiger partial charge in [-0.1, -0.05) is 18.2 Å². The maximum atomic E-state index is 13.6. The van der Waals surface area contributed by atoms with E-state index < -0.39 is 49.2 Å². The Hall–Kier alpha value is -3.39. The fraction of sp³-hybridized carbons (Fsp3) is 0.174. The van der Waals surface area contributed by atoms with Crippen molar-refractivity contribution < 1.29 is 40.3 Å². The van der Waals surface area contributed by atoms with Crippen molar-refractivity contribution >= 4 is 26.0 Å². The number of carboxylic acids is 1. The van der Waals surface area contributed by atoms with Crippen molar-refractivity contribution in [1.82, 2.24) is 9.03 Å². The monoisotopic (exact) mass is 540 g/mol. The van der Waals surface area contributed by atoms with Gasteiger partial charge in [0.25, 0.3) is 0 Å². The molecule has 0 saturated carbocycles. The lowest BCUT2D eigenvalue weighted by atomic mass is 10.0. The number of rotatable bonds is 10. The SMILES string of the molecule is CNS(=O)(=O)c1cccc(-c2cc(CN(C)S(=O)(=O)c3ccc(F)c(F)c3)ccc2OCC(=O)O)c1. The van der Waals surface area contributed by atoms with Crippen molar-refractivity contribution in [3.05, 3.63) is 77.9 Å². The Bertz CT molecular complexity index is 1510. The zero-order chi connectivity index (χ0) is 26.7. The highest BCUT2D eigenvalue weighted by molar-refractivity contribution is 7.89. The number of nitrogens with zero attached hydrogens (tertiary/aromatic N) is 1. The Labute approximate surface area is 207 Å². The average molecular weight is 541 g/mol. The summed E-state index contributed by atoms with van der Waals surface area (Å²) >= 11 is 0. The van der Waals surface area contributed by atoms with Gasteiger partial charge in [0.1, 0.15) is 5.75 Å². The van der Waals surface area contributed by atoms with Crippen molar-refractivity contribution in [3.8, 4) is 16.9 Å². The highest BCUT2D eigenvalue weighted by atomic mass is 32.2. The van der Waals surface area contributed by atoms with Gasteiger partial charge in [0.05, 0.1) is 9.79 Å². The quantitative estimate of drug-likeness (QED) is 0.404. The van der Waals surface area contributed by atoms with Crippen molar-refractivity contribution in [3.63, 3.8) is 0 Å². The van der Waals surface area contributed by atoms with E-state index in [-0.39, 0.29) is 17.2 Å². The van der Waals surface area contributed by atoms with Crippen LogP contribution in [-0.2, 0) is 31.4 Å². The first kappa shape index (κ1) is 27.2. The third-order valence-electron chi connectivity index (χ3n) is 5.12. The second-order valence-corrected chi connectivity index (χ2v) is 11.5. The van der Waals surface area contributed by atoms with Gasteiger partial charge in [-0.05, 0) is 60.6 Å². The minimum atomic E-state index is -4.18. The normalized spacial score (nSPS) is 12.0. The highest BCUT2D eigenvalue weighted by Gasteiger charge is 2.23. The molecule has 0 aliphatic carbocycles. The lowest BCUT2D eigenvalue weighted by molar-refractivity contribution is -0.139. The molecule has 192 valence electrons. The van der Waals surface area contributed by atoms with Crippen LogP contribution in [0.25, 0.3) is 11.1 Å². The van der Waals surface area contributed by atoms with Crippen molar-refractivity contribution in [2.24, 2.45) is 0 Å². The molecule has 2 N–H and O–H groups in total. The molecule has 0 heterocycles. The van der Waals surface area contributed by atoms with E-state index in [0.29, 0.717) is 22.8 Å². The first-order chi connectivity index (χ1) is 16.8. The molecule has 0 aliphatic heterocycles. The van der Waals surface area contributed by atoms with Crippen LogP contribution in [0.1, 0.15) is 5.56 Å². The number of hydrogen-bond acceptors (Lipinski definition) is 6. The standard InChI is InChI=1S/C23H22F2N2O7S2/c1-26-35(30,31)17-5-3-4-16(11-17)19-10-15(6-9-22(19)34-14-23(28)29)13-27(2)36(32,33)18-7-8-20(24)21(25)12-18/h3-12,26H,13-14H2,1-2H3,(H,28,29). The van der Waals surface area contributed by atoms with Crippen molar-refractivity contribution in [2.75, 3.05) is 20.7 Å². The van der Waals surface area contributed by atoms with E-state index in [9.17, 15) is 30.4 Å². The number of carbonyl (C=O) groups is 1. The Morgan fingerprint density at radius 3 is 2.33 bits per heavy atom. The molecule has 0 bridgehead atoms. The maximum Gasteiger partial charge on any atom is 0.341 e. The number of sulfonamides is 2. The molecule has 0 aromatic heterocycles. The van der Waals surface area contributed by atoms with E-state index in [1.165, 1.54) is 50.5 Å². The molecule has 3 rings (SSSR count). The van der Waals surface area contributed by atoms with E-state index >= 15 is 0 Å². The van der Waals surface area contributed by atoms with Gasteiger partial charge < -0.3 is 9.84 Å². The lowest BCUT2D eigenvalue weighted by Crippen LogP contribution is -2.26. The van der Waals surface area contributed by atoms with Crippen LogP contribution in [-0.4, -0.2) is 52.9 Å². The number of carboxylic acid groups (broad SMARTS) is 1. The molecule has 9 nitrogen and oxygen atoms in total. The van der Waals surface area contributed by atoms with Crippen LogP contribution in [0.3, 0.4) is 0 Å². The fourth-order valence-electron chi connectivity index (χ4n) is 3.27. The molecule has 0 aliphatic rings. The summed E-state index contributed by atoms with van der Waals surface area (Å²) < 4.78 is 85.5. The van der Waals surface area contributed by atoms with E-state index in [0.717, 1.165) is 16.4 Å². The number of benzene rings is 3. The Morgan fingerprint density at radius 1 is 0.972 bits per heavy atom. The van der Waals surface area contributed by atoms with Crippen LogP contribution in [0.2, 0.25) is 0 Å². The maximum absolute atomic E-state index is 13.6. The predicted octanol–water partition coefficient (Wildman–Crippen LogP) is 2.82. The van der Waals surface area contributed by atoms with Gasteiger partial charge in [-0.15, -0.1) is 0 Å². The minimum Gasteiger partial charge on any atom is -0.481 e. The highest BCUT2D eigenvalue weighted by Crippen LogP contribution is 2.33. The van der Waals surface area contributed by atoms with E-state index in [2.05, 4.69) is 4.72 Å². The summed E-state index contributed by atoms with van der Waals surface area (Å²) in [6, 6.07) is 12.5. The van der Waals surface area contributed by atoms with E-state index in [4.69, 9.17) is 9.84 Å². The van der Waals surface area contributed by atoms with Gasteiger partial charge in [0, 0.05) is 19.2 Å². The zero-order valence-electron chi connectivity index (χ0n) is 19.1. The van der Waals surface area contributed by atoms with Gasteiger partial charge in [-0.25, -0.2) is 35.1 Å². The third-order valence-corrected chi connectivity index (χ3v) is 8.34. The van der Waals surface area contributed by atoms with Crippen LogP contribution in [0.5, 0.6) is 5.75 Å². The molecule has 36 heavy (non-hydrogen) atoms. The molecule has 0 spiro atoms. The van der Waals surface area contributed by atoms with Crippen molar-refractivity contribution in [2.45, 2.75) is 16.3 Å².